The van der Waals surface area contributed by atoms with Crippen molar-refractivity contribution < 1.29 is 14.3 Å². The van der Waals surface area contributed by atoms with Gasteiger partial charge in [0.2, 0.25) is 0 Å². The van der Waals surface area contributed by atoms with E-state index in [4.69, 9.17) is 5.11 Å². The van der Waals surface area contributed by atoms with Crippen LogP contribution in [-0.4, -0.2) is 31.3 Å². The first-order chi connectivity index (χ1) is 10.0. The summed E-state index contributed by atoms with van der Waals surface area (Å²) in [4.78, 5) is 11.0. The largest absolute Gasteiger partial charge is 0.481 e. The zero-order chi connectivity index (χ0) is 15.4. The summed E-state index contributed by atoms with van der Waals surface area (Å²) in [5.41, 5.74) is 0.492. The molecular weight excluding hydrogens is 343 g/mol. The second-order valence-electron chi connectivity index (χ2n) is 4.59. The predicted octanol–water partition coefficient (Wildman–Crippen LogP) is 3.06. The third-order valence-electron chi connectivity index (χ3n) is 3.06. The first kappa shape index (κ1) is 15.6. The van der Waals surface area contributed by atoms with E-state index in [1.807, 2.05) is 6.92 Å². The highest BCUT2D eigenvalue weighted by Gasteiger charge is 2.22. The van der Waals surface area contributed by atoms with Gasteiger partial charge in [-0.05, 0) is 44.9 Å². The summed E-state index contributed by atoms with van der Waals surface area (Å²) < 4.78 is 15.4. The zero-order valence-electron chi connectivity index (χ0n) is 11.3. The van der Waals surface area contributed by atoms with Crippen molar-refractivity contribution in [2.45, 2.75) is 32.2 Å². The fourth-order valence-corrected chi connectivity index (χ4v) is 2.58. The molecule has 0 amide bonds. The van der Waals surface area contributed by atoms with Crippen LogP contribution < -0.4 is 0 Å². The molecule has 1 N–H and O–H groups in total. The SMILES string of the molecule is CCCC(CC(=O)O)n1nnnc1-c1cccc(F)c1Br. The van der Waals surface area contributed by atoms with E-state index in [0.717, 1.165) is 6.42 Å². The number of nitrogens with zero attached hydrogens (tertiary/aromatic N) is 4. The molecule has 0 saturated heterocycles. The topological polar surface area (TPSA) is 80.9 Å². The fourth-order valence-electron chi connectivity index (χ4n) is 2.14. The van der Waals surface area contributed by atoms with Gasteiger partial charge in [-0.3, -0.25) is 4.79 Å². The Morgan fingerprint density at radius 3 is 2.95 bits per heavy atom. The molecular formula is C13H14BrFN4O2. The fraction of sp³-hybridized carbons (Fsp3) is 0.385. The van der Waals surface area contributed by atoms with Gasteiger partial charge in [0.15, 0.2) is 5.82 Å². The number of carbonyl (C=O) groups is 1. The van der Waals surface area contributed by atoms with Crippen LogP contribution in [0.25, 0.3) is 11.4 Å². The average molecular weight is 357 g/mol. The van der Waals surface area contributed by atoms with Gasteiger partial charge in [0.25, 0.3) is 0 Å². The van der Waals surface area contributed by atoms with Crippen LogP contribution in [0.5, 0.6) is 0 Å². The van der Waals surface area contributed by atoms with E-state index < -0.39 is 11.8 Å². The number of halogens is 2. The van der Waals surface area contributed by atoms with Gasteiger partial charge >= 0.3 is 5.97 Å². The van der Waals surface area contributed by atoms with E-state index in [1.54, 1.807) is 12.1 Å². The van der Waals surface area contributed by atoms with Crippen molar-refractivity contribution >= 4 is 21.9 Å². The highest BCUT2D eigenvalue weighted by Crippen LogP contribution is 2.31. The molecule has 1 aromatic carbocycles. The Balaban J connectivity index is 2.45. The van der Waals surface area contributed by atoms with Crippen molar-refractivity contribution in [3.05, 3.63) is 28.5 Å². The van der Waals surface area contributed by atoms with Gasteiger partial charge in [0.05, 0.1) is 16.9 Å². The maximum absolute atomic E-state index is 13.6. The predicted molar refractivity (Wildman–Crippen MR) is 77.1 cm³/mol. The van der Waals surface area contributed by atoms with Gasteiger partial charge in [0.1, 0.15) is 5.82 Å². The molecule has 112 valence electrons. The minimum Gasteiger partial charge on any atom is -0.481 e. The van der Waals surface area contributed by atoms with Gasteiger partial charge in [-0.2, -0.15) is 0 Å². The lowest BCUT2D eigenvalue weighted by atomic mass is 10.1. The zero-order valence-corrected chi connectivity index (χ0v) is 12.9. The molecule has 0 fully saturated rings. The number of carboxylic acids is 1. The number of carboxylic acid groups (broad SMARTS) is 1. The molecule has 2 rings (SSSR count). The summed E-state index contributed by atoms with van der Waals surface area (Å²) >= 11 is 3.17. The third-order valence-corrected chi connectivity index (χ3v) is 3.87. The van der Waals surface area contributed by atoms with Crippen molar-refractivity contribution in [2.24, 2.45) is 0 Å². The number of benzene rings is 1. The molecule has 0 saturated carbocycles. The summed E-state index contributed by atoms with van der Waals surface area (Å²) in [6.45, 7) is 1.96. The molecule has 1 unspecified atom stereocenters. The van der Waals surface area contributed by atoms with Crippen molar-refractivity contribution in [1.82, 2.24) is 20.2 Å². The monoisotopic (exact) mass is 356 g/mol. The smallest absolute Gasteiger partial charge is 0.305 e. The molecule has 0 spiro atoms. The summed E-state index contributed by atoms with van der Waals surface area (Å²) in [7, 11) is 0. The maximum atomic E-state index is 13.6. The van der Waals surface area contributed by atoms with Crippen LogP contribution in [0.4, 0.5) is 4.39 Å². The highest BCUT2D eigenvalue weighted by atomic mass is 79.9. The molecule has 0 aliphatic rings. The quantitative estimate of drug-likeness (QED) is 0.859. The minimum absolute atomic E-state index is 0.0845. The second kappa shape index (κ2) is 6.75. The number of hydrogen-bond donors (Lipinski definition) is 1. The van der Waals surface area contributed by atoms with Crippen LogP contribution in [0.2, 0.25) is 0 Å². The molecule has 2 aromatic rings. The average Bonchev–Trinajstić information content (AvgIpc) is 2.90. The van der Waals surface area contributed by atoms with Crippen molar-refractivity contribution in [2.75, 3.05) is 0 Å². The normalized spacial score (nSPS) is 12.3. The molecule has 1 aromatic heterocycles. The number of aliphatic carboxylic acids is 1. The Labute approximate surface area is 129 Å². The van der Waals surface area contributed by atoms with E-state index in [2.05, 4.69) is 31.5 Å². The summed E-state index contributed by atoms with van der Waals surface area (Å²) in [6, 6.07) is 4.19. The maximum Gasteiger partial charge on any atom is 0.305 e. The molecule has 0 bridgehead atoms. The summed E-state index contributed by atoms with van der Waals surface area (Å²) in [5, 5.41) is 20.4. The Morgan fingerprint density at radius 1 is 1.52 bits per heavy atom. The molecule has 21 heavy (non-hydrogen) atoms. The van der Waals surface area contributed by atoms with E-state index in [9.17, 15) is 9.18 Å². The summed E-state index contributed by atoms with van der Waals surface area (Å²) in [5.74, 6) is -0.999. The molecule has 0 aliphatic carbocycles. The lowest BCUT2D eigenvalue weighted by molar-refractivity contribution is -0.138. The Hall–Kier alpha value is -1.83. The van der Waals surface area contributed by atoms with Crippen LogP contribution in [0, 0.1) is 5.82 Å². The number of tetrazole rings is 1. The first-order valence-electron chi connectivity index (χ1n) is 6.48. The highest BCUT2D eigenvalue weighted by molar-refractivity contribution is 9.10. The third kappa shape index (κ3) is 3.44. The Kier molecular flexibility index (Phi) is 5.00. The van der Waals surface area contributed by atoms with E-state index in [1.165, 1.54) is 10.7 Å². The molecule has 0 aliphatic heterocycles. The number of aromatic nitrogens is 4. The van der Waals surface area contributed by atoms with Gasteiger partial charge < -0.3 is 5.11 Å². The van der Waals surface area contributed by atoms with Gasteiger partial charge in [-0.25, -0.2) is 9.07 Å². The standard InChI is InChI=1S/C13H14BrFN4O2/c1-2-4-8(7-11(20)21)19-13(16-17-18-19)9-5-3-6-10(15)12(9)14/h3,5-6,8H,2,4,7H2,1H3,(H,20,21). The van der Waals surface area contributed by atoms with Gasteiger partial charge in [0, 0.05) is 5.56 Å². The van der Waals surface area contributed by atoms with E-state index in [0.29, 0.717) is 17.8 Å². The molecule has 1 atom stereocenters. The van der Waals surface area contributed by atoms with Crippen LogP contribution in [-0.2, 0) is 4.79 Å². The van der Waals surface area contributed by atoms with Crippen LogP contribution in [0.3, 0.4) is 0 Å². The number of rotatable bonds is 6. The lowest BCUT2D eigenvalue weighted by Crippen LogP contribution is -2.16. The van der Waals surface area contributed by atoms with Gasteiger partial charge in [-0.15, -0.1) is 5.10 Å². The molecule has 6 nitrogen and oxygen atoms in total. The first-order valence-corrected chi connectivity index (χ1v) is 7.28. The van der Waals surface area contributed by atoms with Crippen molar-refractivity contribution in [3.8, 4) is 11.4 Å². The number of hydrogen-bond acceptors (Lipinski definition) is 4. The molecule has 1 heterocycles. The molecule has 0 radical (unpaired) electrons. The Bertz CT molecular complexity index is 647. The van der Waals surface area contributed by atoms with Crippen LogP contribution in [0.15, 0.2) is 22.7 Å². The van der Waals surface area contributed by atoms with Gasteiger partial charge in [-0.1, -0.05) is 19.4 Å². The van der Waals surface area contributed by atoms with E-state index in [-0.39, 0.29) is 16.9 Å². The second-order valence-corrected chi connectivity index (χ2v) is 5.38. The van der Waals surface area contributed by atoms with Crippen molar-refractivity contribution in [3.63, 3.8) is 0 Å². The summed E-state index contributed by atoms with van der Waals surface area (Å²) in [6.07, 6.45) is 1.33. The minimum atomic E-state index is -0.923. The lowest BCUT2D eigenvalue weighted by Gasteiger charge is -2.16. The van der Waals surface area contributed by atoms with Crippen LogP contribution >= 0.6 is 15.9 Å². The van der Waals surface area contributed by atoms with Crippen molar-refractivity contribution in [1.29, 1.82) is 0 Å². The van der Waals surface area contributed by atoms with E-state index >= 15 is 0 Å². The van der Waals surface area contributed by atoms with Crippen LogP contribution in [0.1, 0.15) is 32.2 Å². The Morgan fingerprint density at radius 2 is 2.29 bits per heavy atom. The molecule has 8 heteroatoms.